The van der Waals surface area contributed by atoms with Crippen LogP contribution in [0.2, 0.25) is 0 Å². The van der Waals surface area contributed by atoms with Gasteiger partial charge in [-0.2, -0.15) is 0 Å². The molecular formula is C12H14O2. The third-order valence-corrected chi connectivity index (χ3v) is 2.76. The summed E-state index contributed by atoms with van der Waals surface area (Å²) < 4.78 is 5.11. The highest BCUT2D eigenvalue weighted by molar-refractivity contribution is 6.07. The zero-order valence-corrected chi connectivity index (χ0v) is 8.38. The van der Waals surface area contributed by atoms with Crippen molar-refractivity contribution < 1.29 is 9.21 Å². The minimum Gasteiger partial charge on any atom is -0.461 e. The second-order valence-corrected chi connectivity index (χ2v) is 3.77. The van der Waals surface area contributed by atoms with E-state index in [1.807, 2.05) is 0 Å². The molecule has 0 unspecified atom stereocenters. The van der Waals surface area contributed by atoms with Crippen LogP contribution in [0.15, 0.2) is 34.0 Å². The van der Waals surface area contributed by atoms with Crippen LogP contribution in [-0.2, 0) is 0 Å². The van der Waals surface area contributed by atoms with Crippen LogP contribution in [0, 0.1) is 0 Å². The lowest BCUT2D eigenvalue weighted by Gasteiger charge is -2.15. The molecule has 0 N–H and O–H groups in total. The summed E-state index contributed by atoms with van der Waals surface area (Å²) in [5, 5.41) is 0. The van der Waals surface area contributed by atoms with Gasteiger partial charge in [-0.3, -0.25) is 4.79 Å². The number of furan rings is 1. The van der Waals surface area contributed by atoms with Gasteiger partial charge in [0, 0.05) is 5.57 Å². The quantitative estimate of drug-likeness (QED) is 0.669. The van der Waals surface area contributed by atoms with Crippen molar-refractivity contribution in [1.29, 1.82) is 0 Å². The Morgan fingerprint density at radius 1 is 1.36 bits per heavy atom. The van der Waals surface area contributed by atoms with E-state index in [1.165, 1.54) is 12.0 Å². The molecule has 1 aromatic heterocycles. The molecule has 2 heteroatoms. The van der Waals surface area contributed by atoms with Crippen molar-refractivity contribution in [3.8, 4) is 0 Å². The average Bonchev–Trinajstić information content (AvgIpc) is 2.70. The Balaban J connectivity index is 2.27. The van der Waals surface area contributed by atoms with Crippen LogP contribution in [0.3, 0.4) is 0 Å². The molecule has 1 aromatic rings. The summed E-state index contributed by atoms with van der Waals surface area (Å²) in [6.45, 7) is 2.05. The minimum absolute atomic E-state index is 0.0761. The molecule has 0 radical (unpaired) electrons. The van der Waals surface area contributed by atoms with E-state index < -0.39 is 0 Å². The molecule has 1 aliphatic rings. The van der Waals surface area contributed by atoms with Crippen LogP contribution in [0.5, 0.6) is 0 Å². The molecule has 1 aliphatic carbocycles. The third-order valence-electron chi connectivity index (χ3n) is 2.76. The van der Waals surface area contributed by atoms with Crippen LogP contribution < -0.4 is 0 Å². The Hall–Kier alpha value is -1.31. The molecule has 0 fully saturated rings. The summed E-state index contributed by atoms with van der Waals surface area (Å²) in [6.07, 6.45) is 5.85. The molecule has 0 aromatic carbocycles. The maximum absolute atomic E-state index is 11.9. The molecule has 1 heterocycles. The lowest BCUT2D eigenvalue weighted by atomic mass is 9.89. The van der Waals surface area contributed by atoms with E-state index in [4.69, 9.17) is 4.42 Å². The average molecular weight is 190 g/mol. The van der Waals surface area contributed by atoms with Gasteiger partial charge in [0.15, 0.2) is 5.76 Å². The second kappa shape index (κ2) is 3.82. The Morgan fingerprint density at radius 2 is 2.14 bits per heavy atom. The number of hydrogen-bond donors (Lipinski definition) is 0. The van der Waals surface area contributed by atoms with Gasteiger partial charge in [0.2, 0.25) is 5.78 Å². The maximum Gasteiger partial charge on any atom is 0.224 e. The van der Waals surface area contributed by atoms with Crippen molar-refractivity contribution in [1.82, 2.24) is 0 Å². The predicted molar refractivity (Wildman–Crippen MR) is 54.2 cm³/mol. The van der Waals surface area contributed by atoms with Gasteiger partial charge in [-0.05, 0) is 44.7 Å². The van der Waals surface area contributed by atoms with Crippen molar-refractivity contribution in [3.63, 3.8) is 0 Å². The van der Waals surface area contributed by atoms with Gasteiger partial charge in [0.05, 0.1) is 6.26 Å². The number of rotatable bonds is 2. The summed E-state index contributed by atoms with van der Waals surface area (Å²) in [5.41, 5.74) is 2.20. The van der Waals surface area contributed by atoms with Crippen LogP contribution in [0.4, 0.5) is 0 Å². The SMILES string of the molecule is CC1=C(C(=O)c2ccco2)CCCC1. The van der Waals surface area contributed by atoms with Gasteiger partial charge in [-0.15, -0.1) is 0 Å². The Labute approximate surface area is 83.6 Å². The molecule has 0 aliphatic heterocycles. The maximum atomic E-state index is 11.9. The molecular weight excluding hydrogens is 176 g/mol. The molecule has 14 heavy (non-hydrogen) atoms. The highest BCUT2D eigenvalue weighted by atomic mass is 16.3. The highest BCUT2D eigenvalue weighted by Gasteiger charge is 2.19. The lowest BCUT2D eigenvalue weighted by molar-refractivity contribution is 0.0997. The highest BCUT2D eigenvalue weighted by Crippen LogP contribution is 2.26. The first kappa shape index (κ1) is 9.25. The number of Topliss-reactive ketones (excluding diaryl/α,β-unsaturated/α-hetero) is 1. The topological polar surface area (TPSA) is 30.2 Å². The van der Waals surface area contributed by atoms with E-state index in [-0.39, 0.29) is 5.78 Å². The number of carbonyl (C=O) groups excluding carboxylic acids is 1. The first-order chi connectivity index (χ1) is 6.79. The number of allylic oxidation sites excluding steroid dienone is 2. The predicted octanol–water partition coefficient (Wildman–Crippen LogP) is 3.35. The van der Waals surface area contributed by atoms with Gasteiger partial charge in [0.1, 0.15) is 0 Å². The normalized spacial score (nSPS) is 17.2. The number of ketones is 1. The van der Waals surface area contributed by atoms with Gasteiger partial charge in [-0.1, -0.05) is 5.57 Å². The van der Waals surface area contributed by atoms with E-state index in [9.17, 15) is 4.79 Å². The molecule has 2 rings (SSSR count). The van der Waals surface area contributed by atoms with Crippen molar-refractivity contribution in [2.24, 2.45) is 0 Å². The van der Waals surface area contributed by atoms with Crippen molar-refractivity contribution in [3.05, 3.63) is 35.3 Å². The summed E-state index contributed by atoms with van der Waals surface area (Å²) in [6, 6.07) is 3.49. The molecule has 0 atom stereocenters. The van der Waals surface area contributed by atoms with E-state index in [0.29, 0.717) is 5.76 Å². The molecule has 2 nitrogen and oxygen atoms in total. The molecule has 0 amide bonds. The standard InChI is InChI=1S/C12H14O2/c1-9-5-2-3-6-10(9)12(13)11-7-4-8-14-11/h4,7-8H,2-3,5-6H2,1H3. The Morgan fingerprint density at radius 3 is 2.79 bits per heavy atom. The van der Waals surface area contributed by atoms with Gasteiger partial charge < -0.3 is 4.42 Å². The molecule has 0 saturated heterocycles. The van der Waals surface area contributed by atoms with Crippen LogP contribution in [0.1, 0.15) is 43.2 Å². The fraction of sp³-hybridized carbons (Fsp3) is 0.417. The van der Waals surface area contributed by atoms with E-state index >= 15 is 0 Å². The molecule has 74 valence electrons. The fourth-order valence-electron chi connectivity index (χ4n) is 1.92. The fourth-order valence-corrected chi connectivity index (χ4v) is 1.92. The van der Waals surface area contributed by atoms with Crippen LogP contribution >= 0.6 is 0 Å². The monoisotopic (exact) mass is 190 g/mol. The molecule has 0 saturated carbocycles. The Bertz CT molecular complexity index is 358. The zero-order valence-electron chi connectivity index (χ0n) is 8.38. The smallest absolute Gasteiger partial charge is 0.224 e. The summed E-state index contributed by atoms with van der Waals surface area (Å²) >= 11 is 0. The Kier molecular flexibility index (Phi) is 2.53. The number of hydrogen-bond acceptors (Lipinski definition) is 2. The third kappa shape index (κ3) is 1.65. The van der Waals surface area contributed by atoms with Crippen molar-refractivity contribution in [2.45, 2.75) is 32.6 Å². The van der Waals surface area contributed by atoms with E-state index in [1.54, 1.807) is 18.4 Å². The van der Waals surface area contributed by atoms with Gasteiger partial charge >= 0.3 is 0 Å². The van der Waals surface area contributed by atoms with Crippen molar-refractivity contribution in [2.75, 3.05) is 0 Å². The van der Waals surface area contributed by atoms with Gasteiger partial charge in [0.25, 0.3) is 0 Å². The van der Waals surface area contributed by atoms with Crippen LogP contribution in [0.25, 0.3) is 0 Å². The molecule has 0 spiro atoms. The first-order valence-corrected chi connectivity index (χ1v) is 5.06. The van der Waals surface area contributed by atoms with Crippen molar-refractivity contribution >= 4 is 5.78 Å². The summed E-state index contributed by atoms with van der Waals surface area (Å²) in [4.78, 5) is 11.9. The van der Waals surface area contributed by atoms with E-state index in [0.717, 1.165) is 24.8 Å². The summed E-state index contributed by atoms with van der Waals surface area (Å²) in [5.74, 6) is 0.549. The van der Waals surface area contributed by atoms with Gasteiger partial charge in [-0.25, -0.2) is 0 Å². The van der Waals surface area contributed by atoms with E-state index in [2.05, 4.69) is 6.92 Å². The summed E-state index contributed by atoms with van der Waals surface area (Å²) in [7, 11) is 0. The lowest BCUT2D eigenvalue weighted by Crippen LogP contribution is -2.08. The number of carbonyl (C=O) groups is 1. The second-order valence-electron chi connectivity index (χ2n) is 3.77. The largest absolute Gasteiger partial charge is 0.461 e. The first-order valence-electron chi connectivity index (χ1n) is 5.06. The minimum atomic E-state index is 0.0761. The zero-order chi connectivity index (χ0) is 9.97. The van der Waals surface area contributed by atoms with Crippen LogP contribution in [-0.4, -0.2) is 5.78 Å². The molecule has 0 bridgehead atoms.